The van der Waals surface area contributed by atoms with Crippen molar-refractivity contribution < 1.29 is 9.72 Å². The number of aromatic nitrogens is 6. The van der Waals surface area contributed by atoms with Gasteiger partial charge >= 0.3 is 5.69 Å². The Bertz CT molecular complexity index is 1550. The molecule has 0 unspecified atom stereocenters. The number of nitrogens with one attached hydrogen (secondary N) is 1. The highest BCUT2D eigenvalue weighted by Gasteiger charge is 2.20. The molecule has 0 aliphatic rings. The van der Waals surface area contributed by atoms with E-state index in [0.717, 1.165) is 22.4 Å². The summed E-state index contributed by atoms with van der Waals surface area (Å²) in [5, 5.41) is 22.4. The van der Waals surface area contributed by atoms with E-state index < -0.39 is 22.1 Å². The molecule has 0 spiro atoms. The lowest BCUT2D eigenvalue weighted by atomic mass is 10.2. The predicted octanol–water partition coefficient (Wildman–Crippen LogP) is 1.07. The minimum atomic E-state index is -0.629. The topological polar surface area (TPSA) is 160 Å². The molecule has 0 fully saturated rings. The van der Waals surface area contributed by atoms with Crippen LogP contribution in [0.1, 0.15) is 10.4 Å². The van der Waals surface area contributed by atoms with Gasteiger partial charge in [-0.25, -0.2) is 9.78 Å². The third kappa shape index (κ3) is 3.98. The number of carbonyl (C=O) groups excluding carboxylic acids is 1. The molecule has 168 valence electrons. The molecule has 14 heteroatoms. The van der Waals surface area contributed by atoms with Gasteiger partial charge in [0.2, 0.25) is 0 Å². The largest absolute Gasteiger partial charge is 0.332 e. The molecule has 1 amide bonds. The lowest BCUT2D eigenvalue weighted by Crippen LogP contribution is -2.37. The van der Waals surface area contributed by atoms with Gasteiger partial charge < -0.3 is 9.88 Å². The van der Waals surface area contributed by atoms with Crippen LogP contribution in [0.2, 0.25) is 0 Å². The molecule has 0 bridgehead atoms. The first-order valence-electron chi connectivity index (χ1n) is 9.34. The molecule has 1 aromatic carbocycles. The summed E-state index contributed by atoms with van der Waals surface area (Å²) >= 11 is 1.05. The highest BCUT2D eigenvalue weighted by Crippen LogP contribution is 2.34. The monoisotopic (exact) mass is 468 g/mol. The summed E-state index contributed by atoms with van der Waals surface area (Å²) < 4.78 is 3.77. The van der Waals surface area contributed by atoms with Gasteiger partial charge in [-0.15, -0.1) is 10.2 Å². The molecular formula is C19H16N8O5S. The van der Waals surface area contributed by atoms with Gasteiger partial charge in [0.05, 0.1) is 27.1 Å². The second-order valence-electron chi connectivity index (χ2n) is 7.02. The van der Waals surface area contributed by atoms with E-state index in [2.05, 4.69) is 20.5 Å². The second-order valence-corrected chi connectivity index (χ2v) is 8.03. The van der Waals surface area contributed by atoms with Crippen molar-refractivity contribution in [2.45, 2.75) is 10.1 Å². The van der Waals surface area contributed by atoms with Crippen molar-refractivity contribution in [2.24, 2.45) is 21.1 Å². The molecule has 33 heavy (non-hydrogen) atoms. The van der Waals surface area contributed by atoms with Crippen LogP contribution in [-0.4, -0.2) is 39.7 Å². The van der Waals surface area contributed by atoms with Gasteiger partial charge in [0.25, 0.3) is 17.2 Å². The minimum Gasteiger partial charge on any atom is -0.321 e. The van der Waals surface area contributed by atoms with E-state index in [-0.39, 0.29) is 28.0 Å². The second kappa shape index (κ2) is 8.31. The average molecular weight is 468 g/mol. The van der Waals surface area contributed by atoms with Crippen LogP contribution in [0, 0.1) is 10.1 Å². The lowest BCUT2D eigenvalue weighted by molar-refractivity contribution is -0.387. The Labute approximate surface area is 188 Å². The molecular weight excluding hydrogens is 452 g/mol. The fourth-order valence-electron chi connectivity index (χ4n) is 3.09. The van der Waals surface area contributed by atoms with Gasteiger partial charge in [0.1, 0.15) is 12.0 Å². The van der Waals surface area contributed by atoms with Crippen molar-refractivity contribution in [2.75, 3.05) is 5.32 Å². The number of carbonyl (C=O) groups is 1. The summed E-state index contributed by atoms with van der Waals surface area (Å²) in [5.74, 6) is -0.629. The van der Waals surface area contributed by atoms with Crippen LogP contribution < -0.4 is 16.6 Å². The zero-order valence-corrected chi connectivity index (χ0v) is 18.4. The predicted molar refractivity (Wildman–Crippen MR) is 118 cm³/mol. The van der Waals surface area contributed by atoms with Gasteiger partial charge in [-0.3, -0.25) is 28.8 Å². The zero-order chi connectivity index (χ0) is 23.9. The van der Waals surface area contributed by atoms with Crippen LogP contribution in [0.15, 0.2) is 56.4 Å². The van der Waals surface area contributed by atoms with Crippen molar-refractivity contribution in [1.29, 1.82) is 0 Å². The fourth-order valence-corrected chi connectivity index (χ4v) is 3.94. The number of aryl methyl sites for hydroxylation is 2. The van der Waals surface area contributed by atoms with Crippen LogP contribution in [0.4, 0.5) is 11.4 Å². The highest BCUT2D eigenvalue weighted by molar-refractivity contribution is 7.99. The molecule has 4 aromatic rings. The first kappa shape index (κ1) is 21.9. The lowest BCUT2D eigenvalue weighted by Gasteiger charge is -2.10. The van der Waals surface area contributed by atoms with Crippen LogP contribution in [0.5, 0.6) is 0 Å². The molecule has 0 atom stereocenters. The van der Waals surface area contributed by atoms with Crippen molar-refractivity contribution in [1.82, 2.24) is 28.9 Å². The van der Waals surface area contributed by atoms with Gasteiger partial charge in [-0.05, 0) is 30.0 Å². The minimum absolute atomic E-state index is 0.0393. The number of nitro groups is 1. The molecule has 4 rings (SSSR count). The van der Waals surface area contributed by atoms with Gasteiger partial charge in [0, 0.05) is 32.8 Å². The van der Waals surface area contributed by atoms with Crippen molar-refractivity contribution in [3.63, 3.8) is 0 Å². The zero-order valence-electron chi connectivity index (χ0n) is 17.5. The molecule has 0 radical (unpaired) electrons. The summed E-state index contributed by atoms with van der Waals surface area (Å²) in [5.41, 5.74) is -0.945. The van der Waals surface area contributed by atoms with Crippen LogP contribution >= 0.6 is 11.8 Å². The first-order chi connectivity index (χ1) is 15.7. The normalized spacial score (nSPS) is 11.0. The molecule has 13 nitrogen and oxygen atoms in total. The van der Waals surface area contributed by atoms with E-state index in [1.807, 2.05) is 0 Å². The van der Waals surface area contributed by atoms with E-state index in [1.54, 1.807) is 11.6 Å². The fraction of sp³-hybridized carbons (Fsp3) is 0.158. The standard InChI is InChI=1S/C19H16N8O5S/c1-24-9-21-23-18(24)33-14-5-4-10(6-13(14)27(31)32)16(28)22-11-7-12-15(20-8-11)25(2)19(30)26(3)17(12)29/h4-9H,1-3H3,(H,22,28). The Balaban J connectivity index is 1.66. The number of benzene rings is 1. The number of hydrogen-bond acceptors (Lipinski definition) is 9. The summed E-state index contributed by atoms with van der Waals surface area (Å²) in [6.45, 7) is 0. The maximum atomic E-state index is 12.7. The maximum Gasteiger partial charge on any atom is 0.332 e. The number of nitro benzene ring substituents is 1. The number of amides is 1. The molecule has 0 saturated heterocycles. The summed E-state index contributed by atoms with van der Waals surface area (Å²) in [6.07, 6.45) is 2.77. The highest BCUT2D eigenvalue weighted by atomic mass is 32.2. The Morgan fingerprint density at radius 1 is 1.15 bits per heavy atom. The quantitative estimate of drug-likeness (QED) is 0.334. The SMILES string of the molecule is Cn1cnnc1Sc1ccc(C(=O)Nc2cnc3c(c2)c(=O)n(C)c(=O)n3C)cc1[N+](=O)[O-]. The molecule has 0 aliphatic heterocycles. The third-order valence-corrected chi connectivity index (χ3v) is 5.96. The number of nitrogens with zero attached hydrogens (tertiary/aromatic N) is 7. The number of fused-ring (bicyclic) bond motifs is 1. The number of pyridine rings is 1. The van der Waals surface area contributed by atoms with E-state index in [1.165, 1.54) is 49.4 Å². The number of rotatable bonds is 5. The Morgan fingerprint density at radius 3 is 2.58 bits per heavy atom. The van der Waals surface area contributed by atoms with Crippen LogP contribution in [0.25, 0.3) is 11.0 Å². The Hall–Kier alpha value is -4.33. The Morgan fingerprint density at radius 2 is 1.91 bits per heavy atom. The molecule has 1 N–H and O–H groups in total. The third-order valence-electron chi connectivity index (χ3n) is 4.84. The molecule has 3 heterocycles. The van der Waals surface area contributed by atoms with Crippen molar-refractivity contribution >= 4 is 40.1 Å². The van der Waals surface area contributed by atoms with Gasteiger partial charge in [-0.1, -0.05) is 0 Å². The van der Waals surface area contributed by atoms with E-state index in [0.29, 0.717) is 10.1 Å². The van der Waals surface area contributed by atoms with E-state index in [9.17, 15) is 24.5 Å². The first-order valence-corrected chi connectivity index (χ1v) is 10.2. The van der Waals surface area contributed by atoms with Gasteiger partial charge in [-0.2, -0.15) is 0 Å². The number of anilines is 1. The molecule has 0 aliphatic carbocycles. The van der Waals surface area contributed by atoms with Gasteiger partial charge in [0.15, 0.2) is 5.16 Å². The maximum absolute atomic E-state index is 12.7. The molecule has 0 saturated carbocycles. The van der Waals surface area contributed by atoms with E-state index >= 15 is 0 Å². The van der Waals surface area contributed by atoms with Crippen molar-refractivity contribution in [3.05, 3.63) is 73.3 Å². The molecule has 3 aromatic heterocycles. The van der Waals surface area contributed by atoms with E-state index in [4.69, 9.17) is 0 Å². The van der Waals surface area contributed by atoms with Crippen LogP contribution in [0.3, 0.4) is 0 Å². The summed E-state index contributed by atoms with van der Waals surface area (Å²) in [7, 11) is 4.53. The number of hydrogen-bond donors (Lipinski definition) is 1. The average Bonchev–Trinajstić information content (AvgIpc) is 3.20. The van der Waals surface area contributed by atoms with Crippen LogP contribution in [-0.2, 0) is 21.1 Å². The van der Waals surface area contributed by atoms with Crippen molar-refractivity contribution in [3.8, 4) is 0 Å². The Kier molecular flexibility index (Phi) is 5.51. The smallest absolute Gasteiger partial charge is 0.321 e. The summed E-state index contributed by atoms with van der Waals surface area (Å²) in [6, 6.07) is 5.45. The summed E-state index contributed by atoms with van der Waals surface area (Å²) in [4.78, 5) is 52.6.